The summed E-state index contributed by atoms with van der Waals surface area (Å²) < 4.78 is 0. The maximum Gasteiger partial charge on any atom is 1.00 e. The van der Waals surface area contributed by atoms with Gasteiger partial charge in [0.05, 0.1) is 0 Å². The van der Waals surface area contributed by atoms with E-state index in [1.54, 1.807) is 0 Å². The molecule has 0 aliphatic heterocycles. The van der Waals surface area contributed by atoms with Crippen LogP contribution in [0.3, 0.4) is 0 Å². The molecule has 0 aromatic heterocycles. The van der Waals surface area contributed by atoms with Gasteiger partial charge < -0.3 is 10.4 Å². The summed E-state index contributed by atoms with van der Waals surface area (Å²) in [5.41, 5.74) is 0.814. The smallest absolute Gasteiger partial charge is 0.872 e. The molecular weight excluding hydrogens is 209 g/mol. The molecule has 2 nitrogen and oxygen atoms in total. The molecule has 0 radical (unpaired) electrons. The van der Waals surface area contributed by atoms with Crippen LogP contribution in [0.15, 0.2) is 36.4 Å². The minimum Gasteiger partial charge on any atom is -0.872 e. The average Bonchev–Trinajstić information content (AvgIpc) is 2.25. The zero-order valence-electron chi connectivity index (χ0n) is 10.4. The first-order valence-corrected chi connectivity index (χ1v) is 4.94. The molecule has 0 unspecified atom stereocenters. The van der Waals surface area contributed by atoms with Crippen molar-refractivity contribution in [3.8, 4) is 5.75 Å². The first-order chi connectivity index (χ1) is 7.20. The summed E-state index contributed by atoms with van der Waals surface area (Å²) in [5.74, 6) is 0.146. The van der Waals surface area contributed by atoms with Gasteiger partial charge in [-0.1, -0.05) is 47.7 Å². The molecule has 0 spiro atoms. The van der Waals surface area contributed by atoms with Crippen molar-refractivity contribution in [3.05, 3.63) is 42.0 Å². The van der Waals surface area contributed by atoms with Gasteiger partial charge in [0.1, 0.15) is 0 Å². The van der Waals surface area contributed by atoms with E-state index < -0.39 is 0 Å². The summed E-state index contributed by atoms with van der Waals surface area (Å²) in [4.78, 5) is 0. The molecule has 2 aromatic carbocycles. The van der Waals surface area contributed by atoms with E-state index in [4.69, 9.17) is 0 Å². The number of hydrogen-bond donors (Lipinski definition) is 1. The van der Waals surface area contributed by atoms with Gasteiger partial charge in [-0.05, 0) is 31.8 Å². The minimum absolute atomic E-state index is 0. The molecular formula is C13H16NNaO. The van der Waals surface area contributed by atoms with Crippen LogP contribution in [0.1, 0.15) is 5.56 Å². The Hall–Kier alpha value is -0.540. The normalized spacial score (nSPS) is 8.94. The summed E-state index contributed by atoms with van der Waals surface area (Å²) in [7, 11) is 3.75. The van der Waals surface area contributed by atoms with Gasteiger partial charge in [0, 0.05) is 0 Å². The standard InChI is InChI=1S/C11H10O.C2H7N.Na/c1-8-6-7-9-4-2-3-5-10(9)11(8)12;1-3-2;/h2-7,12H,1H3;3H,1-2H3;/q;;+1/p-1. The zero-order chi connectivity index (χ0) is 11.3. The van der Waals surface area contributed by atoms with Crippen LogP contribution < -0.4 is 40.0 Å². The third-order valence-electron chi connectivity index (χ3n) is 2.08. The molecule has 0 saturated heterocycles. The van der Waals surface area contributed by atoms with E-state index in [9.17, 15) is 5.11 Å². The Bertz CT molecular complexity index is 443. The van der Waals surface area contributed by atoms with E-state index in [1.807, 2.05) is 57.4 Å². The van der Waals surface area contributed by atoms with Crippen LogP contribution in [0.4, 0.5) is 0 Å². The number of nitrogens with one attached hydrogen (secondary N) is 1. The van der Waals surface area contributed by atoms with Crippen LogP contribution in [0.2, 0.25) is 0 Å². The number of rotatable bonds is 0. The Labute approximate surface area is 119 Å². The summed E-state index contributed by atoms with van der Waals surface area (Å²) in [5, 5.41) is 16.1. The Morgan fingerprint density at radius 3 is 2.19 bits per heavy atom. The van der Waals surface area contributed by atoms with Gasteiger partial charge in [-0.3, -0.25) is 0 Å². The number of fused-ring (bicyclic) bond motifs is 1. The van der Waals surface area contributed by atoms with Crippen LogP contribution in [0, 0.1) is 6.92 Å². The predicted octanol–water partition coefficient (Wildman–Crippen LogP) is -0.939. The van der Waals surface area contributed by atoms with Crippen LogP contribution in [0.25, 0.3) is 10.8 Å². The number of hydrogen-bond acceptors (Lipinski definition) is 2. The summed E-state index contributed by atoms with van der Waals surface area (Å²) in [6, 6.07) is 11.5. The molecule has 0 amide bonds. The van der Waals surface area contributed by atoms with Gasteiger partial charge in [-0.15, -0.1) is 0 Å². The second-order valence-corrected chi connectivity index (χ2v) is 3.43. The van der Waals surface area contributed by atoms with Crippen LogP contribution in [-0.4, -0.2) is 14.1 Å². The van der Waals surface area contributed by atoms with Gasteiger partial charge >= 0.3 is 29.6 Å². The third kappa shape index (κ3) is 3.80. The topological polar surface area (TPSA) is 35.1 Å². The van der Waals surface area contributed by atoms with Gasteiger partial charge in [0.25, 0.3) is 0 Å². The summed E-state index contributed by atoms with van der Waals surface area (Å²) >= 11 is 0. The van der Waals surface area contributed by atoms with E-state index in [2.05, 4.69) is 5.32 Å². The molecule has 3 heteroatoms. The van der Waals surface area contributed by atoms with Crippen molar-refractivity contribution in [3.63, 3.8) is 0 Å². The van der Waals surface area contributed by atoms with Crippen LogP contribution in [-0.2, 0) is 0 Å². The maximum atomic E-state index is 11.5. The van der Waals surface area contributed by atoms with E-state index in [1.165, 1.54) is 0 Å². The van der Waals surface area contributed by atoms with Crippen LogP contribution in [0.5, 0.6) is 5.75 Å². The Balaban J connectivity index is 0.000000511. The average molecular weight is 225 g/mol. The third-order valence-corrected chi connectivity index (χ3v) is 2.08. The van der Waals surface area contributed by atoms with Crippen molar-refractivity contribution in [1.29, 1.82) is 0 Å². The molecule has 0 fully saturated rings. The van der Waals surface area contributed by atoms with Crippen molar-refractivity contribution in [2.75, 3.05) is 14.1 Å². The molecule has 2 aromatic rings. The van der Waals surface area contributed by atoms with Gasteiger partial charge in [0.2, 0.25) is 0 Å². The summed E-state index contributed by atoms with van der Waals surface area (Å²) in [6.07, 6.45) is 0. The quantitative estimate of drug-likeness (QED) is 0.587. The van der Waals surface area contributed by atoms with Crippen molar-refractivity contribution in [1.82, 2.24) is 5.32 Å². The van der Waals surface area contributed by atoms with Gasteiger partial charge in [0.15, 0.2) is 0 Å². The van der Waals surface area contributed by atoms with Crippen molar-refractivity contribution in [2.24, 2.45) is 0 Å². The Morgan fingerprint density at radius 1 is 1.00 bits per heavy atom. The molecule has 80 valence electrons. The SMILES string of the molecule is CNC.Cc1ccc2ccccc2c1[O-].[Na+]. The van der Waals surface area contributed by atoms with Crippen LogP contribution >= 0.6 is 0 Å². The molecule has 0 aliphatic rings. The van der Waals surface area contributed by atoms with Gasteiger partial charge in [-0.25, -0.2) is 0 Å². The molecule has 0 atom stereocenters. The van der Waals surface area contributed by atoms with E-state index in [0.717, 1.165) is 16.3 Å². The Morgan fingerprint density at radius 2 is 1.56 bits per heavy atom. The van der Waals surface area contributed by atoms with E-state index in [0.29, 0.717) is 0 Å². The molecule has 16 heavy (non-hydrogen) atoms. The minimum atomic E-state index is 0. The second-order valence-electron chi connectivity index (χ2n) is 3.43. The molecule has 0 saturated carbocycles. The fraction of sp³-hybridized carbons (Fsp3) is 0.231. The fourth-order valence-electron chi connectivity index (χ4n) is 1.35. The molecule has 0 bridgehead atoms. The first-order valence-electron chi connectivity index (χ1n) is 4.94. The van der Waals surface area contributed by atoms with Crippen molar-refractivity contribution < 1.29 is 34.7 Å². The maximum absolute atomic E-state index is 11.5. The predicted molar refractivity (Wildman–Crippen MR) is 63.1 cm³/mol. The fourth-order valence-corrected chi connectivity index (χ4v) is 1.35. The molecule has 0 heterocycles. The first kappa shape index (κ1) is 15.5. The second kappa shape index (κ2) is 7.69. The zero-order valence-corrected chi connectivity index (χ0v) is 12.4. The molecule has 0 aliphatic carbocycles. The monoisotopic (exact) mass is 225 g/mol. The number of benzene rings is 2. The van der Waals surface area contributed by atoms with E-state index in [-0.39, 0.29) is 35.3 Å². The molecule has 1 N–H and O–H groups in total. The summed E-state index contributed by atoms with van der Waals surface area (Å²) in [6.45, 7) is 1.84. The largest absolute Gasteiger partial charge is 1.00 e. The van der Waals surface area contributed by atoms with Crippen molar-refractivity contribution in [2.45, 2.75) is 6.92 Å². The van der Waals surface area contributed by atoms with E-state index >= 15 is 0 Å². The number of aryl methyl sites for hydroxylation is 1. The molecule has 2 rings (SSSR count). The van der Waals surface area contributed by atoms with Gasteiger partial charge in [-0.2, -0.15) is 0 Å². The van der Waals surface area contributed by atoms with Crippen molar-refractivity contribution >= 4 is 10.8 Å². The Kier molecular flexibility index (Phi) is 7.43.